The zero-order valence-corrected chi connectivity index (χ0v) is 12.8. The number of aryl methyl sites for hydroxylation is 1. The van der Waals surface area contributed by atoms with Crippen molar-refractivity contribution in [1.29, 1.82) is 0 Å². The molecule has 18 heavy (non-hydrogen) atoms. The molecule has 0 saturated carbocycles. The Kier molecular flexibility index (Phi) is 6.36. The normalized spacial score (nSPS) is 12.2. The number of rotatable bonds is 6. The van der Waals surface area contributed by atoms with Crippen LogP contribution < -0.4 is 10.6 Å². The molecule has 1 unspecified atom stereocenters. The van der Waals surface area contributed by atoms with Gasteiger partial charge in [-0.3, -0.25) is 4.79 Å². The second-order valence-electron chi connectivity index (χ2n) is 4.52. The predicted molar refractivity (Wildman–Crippen MR) is 79.9 cm³/mol. The van der Waals surface area contributed by atoms with E-state index in [2.05, 4.69) is 40.4 Å². The van der Waals surface area contributed by atoms with Gasteiger partial charge in [-0.05, 0) is 44.0 Å². The minimum absolute atomic E-state index is 0.0521. The number of hydrogen-bond acceptors (Lipinski definition) is 2. The second kappa shape index (κ2) is 7.54. The van der Waals surface area contributed by atoms with Crippen LogP contribution in [0.1, 0.15) is 32.3 Å². The van der Waals surface area contributed by atoms with E-state index in [0.29, 0.717) is 12.5 Å². The Bertz CT molecular complexity index is 407. The van der Waals surface area contributed by atoms with E-state index in [1.54, 1.807) is 0 Å². The molecule has 1 rings (SSSR count). The van der Waals surface area contributed by atoms with Crippen LogP contribution in [0.2, 0.25) is 0 Å². The maximum Gasteiger partial charge on any atom is 0.225 e. The fourth-order valence-electron chi connectivity index (χ4n) is 1.56. The summed E-state index contributed by atoms with van der Waals surface area (Å²) in [5, 5.41) is 6.23. The van der Waals surface area contributed by atoms with E-state index in [4.69, 9.17) is 0 Å². The van der Waals surface area contributed by atoms with Gasteiger partial charge in [-0.2, -0.15) is 0 Å². The highest BCUT2D eigenvalue weighted by Crippen LogP contribution is 2.19. The second-order valence-corrected chi connectivity index (χ2v) is 5.44. The third kappa shape index (κ3) is 5.19. The molecule has 100 valence electrons. The van der Waals surface area contributed by atoms with E-state index in [0.717, 1.165) is 28.7 Å². The Morgan fingerprint density at radius 3 is 2.78 bits per heavy atom. The van der Waals surface area contributed by atoms with Gasteiger partial charge in [-0.1, -0.05) is 22.9 Å². The van der Waals surface area contributed by atoms with Crippen molar-refractivity contribution in [3.63, 3.8) is 0 Å². The maximum absolute atomic E-state index is 11.8. The van der Waals surface area contributed by atoms with Crippen LogP contribution in [0.4, 0.5) is 5.69 Å². The number of carbonyl (C=O) groups excluding carboxylic acids is 1. The van der Waals surface area contributed by atoms with Gasteiger partial charge in [0, 0.05) is 29.2 Å². The third-order valence-electron chi connectivity index (χ3n) is 2.92. The van der Waals surface area contributed by atoms with Gasteiger partial charge in [0.2, 0.25) is 5.91 Å². The lowest BCUT2D eigenvalue weighted by molar-refractivity contribution is -0.116. The Morgan fingerprint density at radius 1 is 1.44 bits per heavy atom. The maximum atomic E-state index is 11.8. The first-order valence-electron chi connectivity index (χ1n) is 6.32. The van der Waals surface area contributed by atoms with Crippen molar-refractivity contribution >= 4 is 27.5 Å². The van der Waals surface area contributed by atoms with Crippen molar-refractivity contribution in [2.24, 2.45) is 0 Å². The fraction of sp³-hybridized carbons (Fsp3) is 0.500. The molecule has 0 aromatic heterocycles. The first-order chi connectivity index (χ1) is 8.52. The Hall–Kier alpha value is -0.870. The smallest absolute Gasteiger partial charge is 0.225 e. The number of benzene rings is 1. The van der Waals surface area contributed by atoms with E-state index in [9.17, 15) is 4.79 Å². The van der Waals surface area contributed by atoms with Crippen LogP contribution in [0, 0.1) is 6.92 Å². The minimum atomic E-state index is 0.0521. The van der Waals surface area contributed by atoms with Crippen LogP contribution >= 0.6 is 15.9 Å². The number of amides is 1. The summed E-state index contributed by atoms with van der Waals surface area (Å²) in [5.41, 5.74) is 1.94. The molecular formula is C14H21BrN2O. The van der Waals surface area contributed by atoms with Gasteiger partial charge in [-0.25, -0.2) is 0 Å². The summed E-state index contributed by atoms with van der Waals surface area (Å²) in [7, 11) is 0. The number of halogens is 1. The predicted octanol–water partition coefficient (Wildman–Crippen LogP) is 3.47. The summed E-state index contributed by atoms with van der Waals surface area (Å²) in [4.78, 5) is 11.8. The van der Waals surface area contributed by atoms with Gasteiger partial charge in [0.1, 0.15) is 0 Å². The summed E-state index contributed by atoms with van der Waals surface area (Å²) in [5.74, 6) is 0.0521. The topological polar surface area (TPSA) is 41.1 Å². The molecule has 0 aliphatic heterocycles. The minimum Gasteiger partial charge on any atom is -0.326 e. The lowest BCUT2D eigenvalue weighted by atomic mass is 10.2. The number of nitrogens with one attached hydrogen (secondary N) is 2. The van der Waals surface area contributed by atoms with Gasteiger partial charge >= 0.3 is 0 Å². The SMILES string of the molecule is CCC(C)NCCC(=O)Nc1ccc(Br)cc1C. The molecule has 3 nitrogen and oxygen atoms in total. The average molecular weight is 313 g/mol. The highest BCUT2D eigenvalue weighted by Gasteiger charge is 2.05. The standard InChI is InChI=1S/C14H21BrN2O/c1-4-11(3)16-8-7-14(18)17-13-6-5-12(15)9-10(13)2/h5-6,9,11,16H,4,7-8H2,1-3H3,(H,17,18). The molecule has 1 atom stereocenters. The molecule has 4 heteroatoms. The Labute approximate surface area is 117 Å². The molecule has 0 aliphatic carbocycles. The van der Waals surface area contributed by atoms with E-state index in [-0.39, 0.29) is 5.91 Å². The van der Waals surface area contributed by atoms with Gasteiger partial charge in [0.25, 0.3) is 0 Å². The van der Waals surface area contributed by atoms with E-state index in [1.807, 2.05) is 25.1 Å². The van der Waals surface area contributed by atoms with Crippen LogP contribution in [0.25, 0.3) is 0 Å². The fourth-order valence-corrected chi connectivity index (χ4v) is 2.03. The van der Waals surface area contributed by atoms with Gasteiger partial charge in [0.05, 0.1) is 0 Å². The Balaban J connectivity index is 2.40. The van der Waals surface area contributed by atoms with Gasteiger partial charge < -0.3 is 10.6 Å². The zero-order chi connectivity index (χ0) is 13.5. The van der Waals surface area contributed by atoms with Crippen molar-refractivity contribution in [2.75, 3.05) is 11.9 Å². The first kappa shape index (κ1) is 15.2. The molecule has 0 fully saturated rings. The highest BCUT2D eigenvalue weighted by molar-refractivity contribution is 9.10. The highest BCUT2D eigenvalue weighted by atomic mass is 79.9. The molecule has 0 heterocycles. The van der Waals surface area contributed by atoms with Gasteiger partial charge in [-0.15, -0.1) is 0 Å². The zero-order valence-electron chi connectivity index (χ0n) is 11.2. The van der Waals surface area contributed by atoms with Crippen molar-refractivity contribution in [3.8, 4) is 0 Å². The van der Waals surface area contributed by atoms with Crippen LogP contribution in [-0.2, 0) is 4.79 Å². The quantitative estimate of drug-likeness (QED) is 0.844. The lowest BCUT2D eigenvalue weighted by Gasteiger charge is -2.12. The molecular weight excluding hydrogens is 292 g/mol. The number of anilines is 1. The van der Waals surface area contributed by atoms with Crippen molar-refractivity contribution in [1.82, 2.24) is 5.32 Å². The third-order valence-corrected chi connectivity index (χ3v) is 3.41. The van der Waals surface area contributed by atoms with Gasteiger partial charge in [0.15, 0.2) is 0 Å². The van der Waals surface area contributed by atoms with Crippen molar-refractivity contribution in [2.45, 2.75) is 39.7 Å². The summed E-state index contributed by atoms with van der Waals surface area (Å²) < 4.78 is 1.02. The summed E-state index contributed by atoms with van der Waals surface area (Å²) >= 11 is 3.41. The Morgan fingerprint density at radius 2 is 2.17 bits per heavy atom. The van der Waals surface area contributed by atoms with Crippen LogP contribution in [0.5, 0.6) is 0 Å². The summed E-state index contributed by atoms with van der Waals surface area (Å²) in [6.07, 6.45) is 1.58. The van der Waals surface area contributed by atoms with Crippen molar-refractivity contribution < 1.29 is 4.79 Å². The largest absolute Gasteiger partial charge is 0.326 e. The molecule has 2 N–H and O–H groups in total. The first-order valence-corrected chi connectivity index (χ1v) is 7.11. The molecule has 0 saturated heterocycles. The van der Waals surface area contributed by atoms with Crippen molar-refractivity contribution in [3.05, 3.63) is 28.2 Å². The molecule has 0 spiro atoms. The van der Waals surface area contributed by atoms with E-state index < -0.39 is 0 Å². The monoisotopic (exact) mass is 312 g/mol. The molecule has 0 radical (unpaired) electrons. The molecule has 1 aromatic carbocycles. The molecule has 0 bridgehead atoms. The van der Waals surface area contributed by atoms with Crippen LogP contribution in [0.3, 0.4) is 0 Å². The average Bonchev–Trinajstić information content (AvgIpc) is 2.32. The number of carbonyl (C=O) groups is 1. The van der Waals surface area contributed by atoms with Crippen LogP contribution in [-0.4, -0.2) is 18.5 Å². The van der Waals surface area contributed by atoms with E-state index >= 15 is 0 Å². The summed E-state index contributed by atoms with van der Waals surface area (Å²) in [6.45, 7) is 6.95. The lowest BCUT2D eigenvalue weighted by Crippen LogP contribution is -2.29. The molecule has 1 amide bonds. The van der Waals surface area contributed by atoms with Crippen LogP contribution in [0.15, 0.2) is 22.7 Å². The molecule has 1 aromatic rings. The number of hydrogen-bond donors (Lipinski definition) is 2. The van der Waals surface area contributed by atoms with E-state index in [1.165, 1.54) is 0 Å². The summed E-state index contributed by atoms with van der Waals surface area (Å²) in [6, 6.07) is 6.30. The molecule has 0 aliphatic rings.